The van der Waals surface area contributed by atoms with Crippen LogP contribution in [-0.4, -0.2) is 9.38 Å². The van der Waals surface area contributed by atoms with Gasteiger partial charge in [-0.25, -0.2) is 4.98 Å². The van der Waals surface area contributed by atoms with E-state index in [9.17, 15) is 0 Å². The predicted molar refractivity (Wildman–Crippen MR) is 77.8 cm³/mol. The van der Waals surface area contributed by atoms with Crippen molar-refractivity contribution in [3.05, 3.63) is 58.3 Å². The standard InChI is InChI=1S/C15H10BrN3/c1-10-5-15-18-14(9-19(15)8-13(10)16)12-4-2-3-11(6-12)7-17/h2-6,8-9H,1H3. The molecule has 3 rings (SSSR count). The number of hydrogen-bond acceptors (Lipinski definition) is 2. The largest absolute Gasteiger partial charge is 0.305 e. The minimum absolute atomic E-state index is 0.645. The Bertz CT molecular complexity index is 773. The Morgan fingerprint density at radius 3 is 2.89 bits per heavy atom. The molecule has 0 bridgehead atoms. The SMILES string of the molecule is Cc1cc2nc(-c3cccc(C#N)c3)cn2cc1Br. The van der Waals surface area contributed by atoms with Crippen LogP contribution in [0.2, 0.25) is 0 Å². The van der Waals surface area contributed by atoms with E-state index in [1.807, 2.05) is 48.0 Å². The molecule has 0 saturated heterocycles. The highest BCUT2D eigenvalue weighted by Crippen LogP contribution is 2.23. The van der Waals surface area contributed by atoms with Gasteiger partial charge in [0.05, 0.1) is 17.3 Å². The first kappa shape index (κ1) is 11.9. The van der Waals surface area contributed by atoms with E-state index < -0.39 is 0 Å². The molecule has 0 atom stereocenters. The second kappa shape index (κ2) is 4.52. The van der Waals surface area contributed by atoms with E-state index in [-0.39, 0.29) is 0 Å². The first-order valence-electron chi connectivity index (χ1n) is 5.83. The van der Waals surface area contributed by atoms with Crippen molar-refractivity contribution in [2.24, 2.45) is 0 Å². The molecule has 0 N–H and O–H groups in total. The van der Waals surface area contributed by atoms with Crippen LogP contribution in [0.3, 0.4) is 0 Å². The summed E-state index contributed by atoms with van der Waals surface area (Å²) in [5.74, 6) is 0. The van der Waals surface area contributed by atoms with Crippen LogP contribution in [0.15, 0.2) is 47.2 Å². The first-order valence-corrected chi connectivity index (χ1v) is 6.62. The number of nitriles is 1. The third kappa shape index (κ3) is 2.13. The molecule has 1 aromatic carbocycles. The number of pyridine rings is 1. The lowest BCUT2D eigenvalue weighted by molar-refractivity contribution is 1.16. The van der Waals surface area contributed by atoms with Crippen LogP contribution in [0.25, 0.3) is 16.9 Å². The molecule has 0 aliphatic rings. The van der Waals surface area contributed by atoms with E-state index in [0.717, 1.165) is 26.9 Å². The van der Waals surface area contributed by atoms with Gasteiger partial charge in [0.15, 0.2) is 0 Å². The van der Waals surface area contributed by atoms with E-state index in [1.54, 1.807) is 6.07 Å². The summed E-state index contributed by atoms with van der Waals surface area (Å²) in [5.41, 5.74) is 4.52. The van der Waals surface area contributed by atoms with Crippen LogP contribution in [0.5, 0.6) is 0 Å². The zero-order chi connectivity index (χ0) is 13.4. The average molecular weight is 312 g/mol. The highest BCUT2D eigenvalue weighted by Gasteiger charge is 2.06. The second-order valence-electron chi connectivity index (χ2n) is 4.39. The van der Waals surface area contributed by atoms with Gasteiger partial charge in [-0.2, -0.15) is 5.26 Å². The maximum atomic E-state index is 8.94. The molecule has 4 heteroatoms. The Balaban J connectivity index is 2.18. The summed E-state index contributed by atoms with van der Waals surface area (Å²) in [4.78, 5) is 4.59. The van der Waals surface area contributed by atoms with Gasteiger partial charge in [0.1, 0.15) is 5.65 Å². The lowest BCUT2D eigenvalue weighted by atomic mass is 10.1. The van der Waals surface area contributed by atoms with Crippen molar-refractivity contribution in [1.29, 1.82) is 5.26 Å². The van der Waals surface area contributed by atoms with Crippen molar-refractivity contribution in [2.45, 2.75) is 6.92 Å². The smallest absolute Gasteiger partial charge is 0.137 e. The van der Waals surface area contributed by atoms with Gasteiger partial charge < -0.3 is 4.40 Å². The molecule has 0 saturated carbocycles. The number of benzene rings is 1. The molecule has 3 nitrogen and oxygen atoms in total. The van der Waals surface area contributed by atoms with Gasteiger partial charge in [-0.3, -0.25) is 0 Å². The lowest BCUT2D eigenvalue weighted by Gasteiger charge is -1.98. The van der Waals surface area contributed by atoms with Gasteiger partial charge in [-0.05, 0) is 46.6 Å². The number of halogens is 1. The van der Waals surface area contributed by atoms with Crippen molar-refractivity contribution in [2.75, 3.05) is 0 Å². The Kier molecular flexibility index (Phi) is 2.84. The molecule has 0 radical (unpaired) electrons. The summed E-state index contributed by atoms with van der Waals surface area (Å²) in [7, 11) is 0. The third-order valence-corrected chi connectivity index (χ3v) is 3.85. The molecule has 2 heterocycles. The zero-order valence-electron chi connectivity index (χ0n) is 10.3. The maximum Gasteiger partial charge on any atom is 0.137 e. The van der Waals surface area contributed by atoms with E-state index in [4.69, 9.17) is 5.26 Å². The van der Waals surface area contributed by atoms with Crippen molar-refractivity contribution >= 4 is 21.6 Å². The highest BCUT2D eigenvalue weighted by atomic mass is 79.9. The number of aryl methyl sites for hydroxylation is 1. The Morgan fingerprint density at radius 2 is 2.11 bits per heavy atom. The topological polar surface area (TPSA) is 41.1 Å². The van der Waals surface area contributed by atoms with E-state index >= 15 is 0 Å². The number of hydrogen-bond donors (Lipinski definition) is 0. The Morgan fingerprint density at radius 1 is 1.26 bits per heavy atom. The summed E-state index contributed by atoms with van der Waals surface area (Å²) in [5, 5.41) is 8.94. The number of rotatable bonds is 1. The first-order chi connectivity index (χ1) is 9.17. The molecule has 0 aliphatic carbocycles. The molecule has 0 spiro atoms. The predicted octanol–water partition coefficient (Wildman–Crippen LogP) is 3.94. The number of aromatic nitrogens is 2. The van der Waals surface area contributed by atoms with Crippen molar-refractivity contribution in [3.8, 4) is 17.3 Å². The molecule has 3 aromatic rings. The van der Waals surface area contributed by atoms with E-state index in [0.29, 0.717) is 5.56 Å². The van der Waals surface area contributed by atoms with Gasteiger partial charge in [0, 0.05) is 22.4 Å². The van der Waals surface area contributed by atoms with Crippen LogP contribution in [0, 0.1) is 18.3 Å². The lowest BCUT2D eigenvalue weighted by Crippen LogP contribution is -1.85. The van der Waals surface area contributed by atoms with Crippen LogP contribution in [-0.2, 0) is 0 Å². The van der Waals surface area contributed by atoms with Gasteiger partial charge in [0.2, 0.25) is 0 Å². The summed E-state index contributed by atoms with van der Waals surface area (Å²) >= 11 is 3.51. The molecule has 0 fully saturated rings. The van der Waals surface area contributed by atoms with Crippen LogP contribution < -0.4 is 0 Å². The summed E-state index contributed by atoms with van der Waals surface area (Å²) < 4.78 is 3.03. The van der Waals surface area contributed by atoms with Crippen LogP contribution in [0.1, 0.15) is 11.1 Å². The molecule has 0 aliphatic heterocycles. The molecule has 19 heavy (non-hydrogen) atoms. The highest BCUT2D eigenvalue weighted by molar-refractivity contribution is 9.10. The zero-order valence-corrected chi connectivity index (χ0v) is 11.8. The Labute approximate surface area is 119 Å². The van der Waals surface area contributed by atoms with Crippen molar-refractivity contribution < 1.29 is 0 Å². The minimum atomic E-state index is 0.645. The van der Waals surface area contributed by atoms with Gasteiger partial charge in [-0.1, -0.05) is 12.1 Å². The average Bonchev–Trinajstić information content (AvgIpc) is 2.82. The number of imidazole rings is 1. The molecule has 2 aromatic heterocycles. The Hall–Kier alpha value is -2.12. The maximum absolute atomic E-state index is 8.94. The quantitative estimate of drug-likeness (QED) is 0.683. The van der Waals surface area contributed by atoms with E-state index in [1.165, 1.54) is 0 Å². The third-order valence-electron chi connectivity index (χ3n) is 3.02. The number of fused-ring (bicyclic) bond motifs is 1. The molecule has 0 amide bonds. The van der Waals surface area contributed by atoms with Crippen molar-refractivity contribution in [1.82, 2.24) is 9.38 Å². The minimum Gasteiger partial charge on any atom is -0.305 e. The normalized spacial score (nSPS) is 10.6. The van der Waals surface area contributed by atoms with Gasteiger partial charge >= 0.3 is 0 Å². The van der Waals surface area contributed by atoms with Crippen molar-refractivity contribution in [3.63, 3.8) is 0 Å². The molecule has 92 valence electrons. The van der Waals surface area contributed by atoms with E-state index in [2.05, 4.69) is 27.0 Å². The fourth-order valence-electron chi connectivity index (χ4n) is 1.99. The van der Waals surface area contributed by atoms with Gasteiger partial charge in [-0.15, -0.1) is 0 Å². The van der Waals surface area contributed by atoms with Crippen LogP contribution in [0.4, 0.5) is 0 Å². The van der Waals surface area contributed by atoms with Gasteiger partial charge in [0.25, 0.3) is 0 Å². The molecular formula is C15H10BrN3. The molecular weight excluding hydrogens is 302 g/mol. The fraction of sp³-hybridized carbons (Fsp3) is 0.0667. The fourth-order valence-corrected chi connectivity index (χ4v) is 2.33. The monoisotopic (exact) mass is 311 g/mol. The second-order valence-corrected chi connectivity index (χ2v) is 5.24. The summed E-state index contributed by atoms with van der Waals surface area (Å²) in [6, 6.07) is 11.7. The summed E-state index contributed by atoms with van der Waals surface area (Å²) in [6.07, 6.45) is 3.96. The summed E-state index contributed by atoms with van der Waals surface area (Å²) in [6.45, 7) is 2.04. The molecule has 0 unspecified atom stereocenters. The number of nitrogens with zero attached hydrogens (tertiary/aromatic N) is 3. The van der Waals surface area contributed by atoms with Crippen LogP contribution >= 0.6 is 15.9 Å².